The highest BCUT2D eigenvalue weighted by molar-refractivity contribution is 6.35. The van der Waals surface area contributed by atoms with Crippen molar-refractivity contribution >= 4 is 46.7 Å². The molecule has 1 aromatic rings. The van der Waals surface area contributed by atoms with Crippen LogP contribution in [0.1, 0.15) is 18.4 Å². The van der Waals surface area contributed by atoms with Gasteiger partial charge in [-0.05, 0) is 24.6 Å². The van der Waals surface area contributed by atoms with Crippen LogP contribution in [-0.2, 0) is 9.59 Å². The highest BCUT2D eigenvalue weighted by Gasteiger charge is 2.38. The molecule has 1 aromatic carbocycles. The number of nitrogens with one attached hydrogen (secondary N) is 1. The third-order valence-corrected chi connectivity index (χ3v) is 4.34. The van der Waals surface area contributed by atoms with Crippen LogP contribution in [0.2, 0.25) is 10.0 Å². The van der Waals surface area contributed by atoms with Gasteiger partial charge in [-0.25, -0.2) is 9.59 Å². The zero-order valence-corrected chi connectivity index (χ0v) is 14.1. The molecule has 1 aliphatic heterocycles. The molecule has 0 saturated heterocycles. The molecule has 0 radical (unpaired) electrons. The zero-order chi connectivity index (χ0) is 17.3. The van der Waals surface area contributed by atoms with E-state index in [9.17, 15) is 19.8 Å². The number of aliphatic carboxylic acids is 2. The van der Waals surface area contributed by atoms with Crippen molar-refractivity contribution in [3.05, 3.63) is 56.3 Å². The van der Waals surface area contributed by atoms with E-state index in [4.69, 9.17) is 34.8 Å². The molecule has 0 aliphatic carbocycles. The fraction of sp³-hybridized carbons (Fsp3) is 0.200. The molecule has 0 spiro atoms. The molecule has 0 amide bonds. The molecule has 1 heterocycles. The lowest BCUT2D eigenvalue weighted by Crippen LogP contribution is -2.32. The Morgan fingerprint density at radius 1 is 1.17 bits per heavy atom. The highest BCUT2D eigenvalue weighted by atomic mass is 35.5. The number of hydrogen-bond acceptors (Lipinski definition) is 3. The van der Waals surface area contributed by atoms with E-state index in [1.807, 2.05) is 0 Å². The summed E-state index contributed by atoms with van der Waals surface area (Å²) < 4.78 is 0. The highest BCUT2D eigenvalue weighted by Crippen LogP contribution is 2.41. The number of benzene rings is 1. The van der Waals surface area contributed by atoms with Crippen LogP contribution in [-0.4, -0.2) is 28.0 Å². The van der Waals surface area contributed by atoms with Gasteiger partial charge in [0.25, 0.3) is 0 Å². The summed E-state index contributed by atoms with van der Waals surface area (Å²) in [6, 6.07) is 4.49. The van der Waals surface area contributed by atoms with Crippen molar-refractivity contribution in [2.45, 2.75) is 12.8 Å². The molecular formula is C15H12Cl3NO4. The first kappa shape index (κ1) is 17.7. The van der Waals surface area contributed by atoms with Crippen LogP contribution in [0, 0.1) is 0 Å². The minimum atomic E-state index is -1.27. The van der Waals surface area contributed by atoms with E-state index in [-0.39, 0.29) is 27.7 Å². The molecule has 3 N–H and O–H groups in total. The smallest absolute Gasteiger partial charge is 0.334 e. The predicted molar refractivity (Wildman–Crippen MR) is 88.1 cm³/mol. The number of rotatable bonds is 4. The molecule has 8 heteroatoms. The van der Waals surface area contributed by atoms with Crippen LogP contribution in [0.15, 0.2) is 40.7 Å². The number of hydrogen-bond donors (Lipinski definition) is 3. The molecule has 1 aliphatic rings. The van der Waals surface area contributed by atoms with Crippen molar-refractivity contribution in [1.82, 2.24) is 5.32 Å². The van der Waals surface area contributed by atoms with E-state index in [0.717, 1.165) is 0 Å². The van der Waals surface area contributed by atoms with Gasteiger partial charge in [0.1, 0.15) is 0 Å². The second-order valence-corrected chi connectivity index (χ2v) is 6.01. The third kappa shape index (κ3) is 3.32. The van der Waals surface area contributed by atoms with E-state index in [1.54, 1.807) is 6.92 Å². The largest absolute Gasteiger partial charge is 0.478 e. The zero-order valence-electron chi connectivity index (χ0n) is 11.9. The second-order valence-electron chi connectivity index (χ2n) is 4.90. The fourth-order valence-corrected chi connectivity index (χ4v) is 3.31. The monoisotopic (exact) mass is 375 g/mol. The van der Waals surface area contributed by atoms with E-state index in [1.165, 1.54) is 18.2 Å². The molecule has 122 valence electrons. The first-order valence-corrected chi connectivity index (χ1v) is 7.75. The third-order valence-electron chi connectivity index (χ3n) is 3.51. The SMILES string of the molecule is CC1=C(C(=O)O)C(c2ccc(Cl)cc2Cl)C(C(=O)O)=C(CCl)N1. The van der Waals surface area contributed by atoms with Gasteiger partial charge in [-0.2, -0.15) is 0 Å². The number of halogens is 3. The molecule has 0 fully saturated rings. The van der Waals surface area contributed by atoms with Crippen molar-refractivity contribution in [3.8, 4) is 0 Å². The first-order valence-electron chi connectivity index (χ1n) is 6.46. The van der Waals surface area contributed by atoms with E-state index >= 15 is 0 Å². The molecule has 0 saturated carbocycles. The van der Waals surface area contributed by atoms with Gasteiger partial charge in [-0.15, -0.1) is 11.6 Å². The predicted octanol–water partition coefficient (Wildman–Crippen LogP) is 3.62. The van der Waals surface area contributed by atoms with Gasteiger partial charge in [0.05, 0.1) is 22.9 Å². The Balaban J connectivity index is 2.77. The van der Waals surface area contributed by atoms with Gasteiger partial charge in [0, 0.05) is 21.4 Å². The summed E-state index contributed by atoms with van der Waals surface area (Å²) in [6.45, 7) is 1.55. The maximum absolute atomic E-state index is 11.7. The number of carbonyl (C=O) groups is 2. The van der Waals surface area contributed by atoms with E-state index < -0.39 is 17.9 Å². The Labute approximate surface area is 147 Å². The summed E-state index contributed by atoms with van der Waals surface area (Å²) in [5.74, 6) is -3.66. The number of carboxylic acids is 2. The minimum absolute atomic E-state index is 0.0968. The van der Waals surface area contributed by atoms with Gasteiger partial charge in [0.2, 0.25) is 0 Å². The summed E-state index contributed by atoms with van der Waals surface area (Å²) in [5.41, 5.74) is 0.647. The van der Waals surface area contributed by atoms with Gasteiger partial charge in [-0.3, -0.25) is 0 Å². The maximum atomic E-state index is 11.7. The maximum Gasteiger partial charge on any atom is 0.334 e. The van der Waals surface area contributed by atoms with Gasteiger partial charge in [0.15, 0.2) is 0 Å². The average molecular weight is 377 g/mol. The Bertz CT molecular complexity index is 755. The van der Waals surface area contributed by atoms with Crippen LogP contribution in [0.5, 0.6) is 0 Å². The van der Waals surface area contributed by atoms with Crippen molar-refractivity contribution in [2.24, 2.45) is 0 Å². The number of dihydropyridines is 1. The van der Waals surface area contributed by atoms with Crippen LogP contribution in [0.4, 0.5) is 0 Å². The topological polar surface area (TPSA) is 86.6 Å². The normalized spacial score (nSPS) is 18.0. The molecule has 1 unspecified atom stereocenters. The van der Waals surface area contributed by atoms with Crippen molar-refractivity contribution in [3.63, 3.8) is 0 Å². The van der Waals surface area contributed by atoms with Crippen molar-refractivity contribution < 1.29 is 19.8 Å². The van der Waals surface area contributed by atoms with Gasteiger partial charge >= 0.3 is 11.9 Å². The van der Waals surface area contributed by atoms with Gasteiger partial charge in [-0.1, -0.05) is 29.3 Å². The van der Waals surface area contributed by atoms with Crippen LogP contribution in [0.3, 0.4) is 0 Å². The second kappa shape index (κ2) is 6.83. The summed E-state index contributed by atoms with van der Waals surface area (Å²) in [5, 5.41) is 22.4. The van der Waals surface area contributed by atoms with Crippen molar-refractivity contribution in [1.29, 1.82) is 0 Å². The van der Waals surface area contributed by atoms with E-state index in [0.29, 0.717) is 16.3 Å². The molecule has 0 aromatic heterocycles. The summed E-state index contributed by atoms with van der Waals surface area (Å²) in [7, 11) is 0. The Morgan fingerprint density at radius 3 is 2.26 bits per heavy atom. The molecule has 0 bridgehead atoms. The van der Waals surface area contributed by atoms with Gasteiger partial charge < -0.3 is 15.5 Å². The average Bonchev–Trinajstić information content (AvgIpc) is 2.45. The van der Waals surface area contributed by atoms with Crippen molar-refractivity contribution in [2.75, 3.05) is 5.88 Å². The minimum Gasteiger partial charge on any atom is -0.478 e. The van der Waals surface area contributed by atoms with Crippen LogP contribution in [0.25, 0.3) is 0 Å². The Hall–Kier alpha value is -1.69. The van der Waals surface area contributed by atoms with Crippen LogP contribution < -0.4 is 5.32 Å². The standard InChI is InChI=1S/C15H12Cl3NO4/c1-6-11(14(20)21)12(8-3-2-7(17)4-9(8)18)13(15(22)23)10(5-16)19-6/h2-4,12,19H,5H2,1H3,(H,20,21)(H,22,23). The Kier molecular flexibility index (Phi) is 5.24. The molecule has 23 heavy (non-hydrogen) atoms. The number of allylic oxidation sites excluding steroid dienone is 2. The lowest BCUT2D eigenvalue weighted by atomic mass is 9.80. The summed E-state index contributed by atoms with van der Waals surface area (Å²) in [4.78, 5) is 23.4. The van der Waals surface area contributed by atoms with Crippen LogP contribution >= 0.6 is 34.8 Å². The first-order chi connectivity index (χ1) is 10.8. The fourth-order valence-electron chi connectivity index (χ4n) is 2.58. The quantitative estimate of drug-likeness (QED) is 0.699. The van der Waals surface area contributed by atoms with E-state index in [2.05, 4.69) is 5.32 Å². The summed E-state index contributed by atoms with van der Waals surface area (Å²) in [6.07, 6.45) is 0. The Morgan fingerprint density at radius 2 is 1.78 bits per heavy atom. The number of alkyl halides is 1. The molecule has 5 nitrogen and oxygen atoms in total. The number of carboxylic acid groups (broad SMARTS) is 2. The molecule has 1 atom stereocenters. The molecule has 2 rings (SSSR count). The lowest BCUT2D eigenvalue weighted by molar-refractivity contribution is -0.133. The summed E-state index contributed by atoms with van der Waals surface area (Å²) >= 11 is 17.9. The lowest BCUT2D eigenvalue weighted by Gasteiger charge is -2.29. The molecular weight excluding hydrogens is 365 g/mol.